The highest BCUT2D eigenvalue weighted by molar-refractivity contribution is 5.91. The maximum absolute atomic E-state index is 11.1. The molecule has 4 heteroatoms. The highest BCUT2D eigenvalue weighted by Crippen LogP contribution is 1.93. The fourth-order valence-electron chi connectivity index (χ4n) is 0.549. The lowest BCUT2D eigenvalue weighted by molar-refractivity contribution is -0.890. The second-order valence-corrected chi connectivity index (χ2v) is 3.70. The van der Waals surface area contributed by atoms with Crippen LogP contribution in [0.1, 0.15) is 13.8 Å². The highest BCUT2D eigenvalue weighted by atomic mass is 35.5. The monoisotopic (exact) mass is 206 g/mol. The second-order valence-electron chi connectivity index (χ2n) is 3.70. The standard InChI is InChI=1S/C9H18N2O.ClH/c1-6-11(4,5)7-10-9(12)8(2)3;/h2,6-7H2,1,3-5H3;1H. The van der Waals surface area contributed by atoms with Gasteiger partial charge in [0.2, 0.25) is 0 Å². The maximum Gasteiger partial charge on any atom is 0.250 e. The van der Waals surface area contributed by atoms with Gasteiger partial charge >= 0.3 is 0 Å². The van der Waals surface area contributed by atoms with Crippen molar-refractivity contribution in [3.05, 3.63) is 12.2 Å². The molecule has 78 valence electrons. The van der Waals surface area contributed by atoms with E-state index >= 15 is 0 Å². The average Bonchev–Trinajstić information content (AvgIpc) is 2.00. The van der Waals surface area contributed by atoms with Crippen molar-refractivity contribution < 1.29 is 21.7 Å². The van der Waals surface area contributed by atoms with Crippen LogP contribution < -0.4 is 17.7 Å². The van der Waals surface area contributed by atoms with E-state index in [4.69, 9.17) is 0 Å². The number of hydrogen-bond donors (Lipinski definition) is 1. The predicted molar refractivity (Wildman–Crippen MR) is 50.5 cm³/mol. The Morgan fingerprint density at radius 3 is 2.23 bits per heavy atom. The Labute approximate surface area is 86.8 Å². The van der Waals surface area contributed by atoms with Crippen molar-refractivity contribution in [2.24, 2.45) is 0 Å². The summed E-state index contributed by atoms with van der Waals surface area (Å²) in [6.07, 6.45) is 0. The summed E-state index contributed by atoms with van der Waals surface area (Å²) in [5.74, 6) is -0.0605. The van der Waals surface area contributed by atoms with Gasteiger partial charge in [0.1, 0.15) is 0 Å². The van der Waals surface area contributed by atoms with Crippen molar-refractivity contribution in [3.63, 3.8) is 0 Å². The SMILES string of the molecule is C=C(C)C(=O)NC[N+](C)(C)CC.[Cl-]. The molecule has 13 heavy (non-hydrogen) atoms. The number of nitrogens with zero attached hydrogens (tertiary/aromatic N) is 1. The molecule has 0 aromatic carbocycles. The third-order valence-corrected chi connectivity index (χ3v) is 1.91. The van der Waals surface area contributed by atoms with Crippen LogP contribution in [0.3, 0.4) is 0 Å². The Morgan fingerprint density at radius 2 is 1.92 bits per heavy atom. The van der Waals surface area contributed by atoms with Crippen LogP contribution in [0.15, 0.2) is 12.2 Å². The minimum atomic E-state index is -0.0605. The zero-order valence-corrected chi connectivity index (χ0v) is 9.61. The van der Waals surface area contributed by atoms with E-state index in [1.165, 1.54) is 0 Å². The summed E-state index contributed by atoms with van der Waals surface area (Å²) < 4.78 is 0.791. The largest absolute Gasteiger partial charge is 1.00 e. The van der Waals surface area contributed by atoms with E-state index in [0.29, 0.717) is 12.2 Å². The number of quaternary nitrogens is 1. The van der Waals surface area contributed by atoms with E-state index in [1.807, 2.05) is 0 Å². The summed E-state index contributed by atoms with van der Waals surface area (Å²) >= 11 is 0. The number of carbonyl (C=O) groups excluding carboxylic acids is 1. The van der Waals surface area contributed by atoms with Crippen LogP contribution in [-0.4, -0.2) is 37.7 Å². The highest BCUT2D eigenvalue weighted by Gasteiger charge is 2.12. The van der Waals surface area contributed by atoms with E-state index in [9.17, 15) is 4.79 Å². The van der Waals surface area contributed by atoms with Gasteiger partial charge < -0.3 is 22.2 Å². The van der Waals surface area contributed by atoms with E-state index in [0.717, 1.165) is 11.0 Å². The molecular weight excluding hydrogens is 188 g/mol. The van der Waals surface area contributed by atoms with E-state index in [-0.39, 0.29) is 18.3 Å². The molecule has 0 aliphatic rings. The number of carbonyl (C=O) groups is 1. The average molecular weight is 207 g/mol. The molecule has 1 amide bonds. The lowest BCUT2D eigenvalue weighted by Crippen LogP contribution is -3.00. The predicted octanol–water partition coefficient (Wildman–Crippen LogP) is -2.26. The molecule has 0 heterocycles. The van der Waals surface area contributed by atoms with E-state index in [2.05, 4.69) is 32.9 Å². The lowest BCUT2D eigenvalue weighted by atomic mass is 10.3. The quantitative estimate of drug-likeness (QED) is 0.314. The minimum Gasteiger partial charge on any atom is -1.00 e. The van der Waals surface area contributed by atoms with Gasteiger partial charge in [0.05, 0.1) is 20.6 Å². The molecular formula is C9H19ClN2O. The molecule has 0 radical (unpaired) electrons. The molecule has 0 saturated heterocycles. The Bertz CT molecular complexity index is 190. The zero-order chi connectivity index (χ0) is 9.78. The van der Waals surface area contributed by atoms with Crippen molar-refractivity contribution in [1.82, 2.24) is 5.32 Å². The zero-order valence-electron chi connectivity index (χ0n) is 8.85. The number of rotatable bonds is 4. The van der Waals surface area contributed by atoms with Gasteiger partial charge in [0.25, 0.3) is 5.91 Å². The van der Waals surface area contributed by atoms with Gasteiger partial charge in [-0.25, -0.2) is 0 Å². The van der Waals surface area contributed by atoms with Gasteiger partial charge in [-0.05, 0) is 13.8 Å². The molecule has 0 bridgehead atoms. The molecule has 0 rings (SSSR count). The van der Waals surface area contributed by atoms with Gasteiger partial charge in [0.15, 0.2) is 6.67 Å². The van der Waals surface area contributed by atoms with Crippen LogP contribution in [-0.2, 0) is 4.79 Å². The Hall–Kier alpha value is -0.540. The molecule has 0 aliphatic carbocycles. The first-order valence-corrected chi connectivity index (χ1v) is 4.15. The van der Waals surface area contributed by atoms with Crippen molar-refractivity contribution >= 4 is 5.91 Å². The Kier molecular flexibility index (Phi) is 6.90. The summed E-state index contributed by atoms with van der Waals surface area (Å²) in [5.41, 5.74) is 0.561. The van der Waals surface area contributed by atoms with Crippen LogP contribution in [0, 0.1) is 0 Å². The van der Waals surface area contributed by atoms with E-state index < -0.39 is 0 Å². The van der Waals surface area contributed by atoms with Gasteiger partial charge in [-0.3, -0.25) is 4.79 Å². The van der Waals surface area contributed by atoms with Crippen molar-refractivity contribution in [3.8, 4) is 0 Å². The van der Waals surface area contributed by atoms with Gasteiger partial charge in [0, 0.05) is 5.57 Å². The third kappa shape index (κ3) is 6.61. The number of amides is 1. The molecule has 0 atom stereocenters. The van der Waals surface area contributed by atoms with Crippen LogP contribution in [0.2, 0.25) is 0 Å². The van der Waals surface area contributed by atoms with Gasteiger partial charge in [-0.1, -0.05) is 6.58 Å². The Morgan fingerprint density at radius 1 is 1.46 bits per heavy atom. The maximum atomic E-state index is 11.1. The first kappa shape index (κ1) is 15.0. The summed E-state index contributed by atoms with van der Waals surface area (Å²) in [4.78, 5) is 11.1. The normalized spacial score (nSPS) is 10.2. The van der Waals surface area contributed by atoms with Crippen molar-refractivity contribution in [2.45, 2.75) is 13.8 Å². The first-order chi connectivity index (χ1) is 5.39. The Balaban J connectivity index is 0. The van der Waals surface area contributed by atoms with Crippen LogP contribution in [0.25, 0.3) is 0 Å². The number of halogens is 1. The summed E-state index contributed by atoms with van der Waals surface area (Å²) in [6, 6.07) is 0. The smallest absolute Gasteiger partial charge is 0.250 e. The topological polar surface area (TPSA) is 29.1 Å². The third-order valence-electron chi connectivity index (χ3n) is 1.91. The number of nitrogens with one attached hydrogen (secondary N) is 1. The van der Waals surface area contributed by atoms with Crippen molar-refractivity contribution in [2.75, 3.05) is 27.3 Å². The first-order valence-electron chi connectivity index (χ1n) is 4.15. The van der Waals surface area contributed by atoms with Gasteiger partial charge in [-0.2, -0.15) is 0 Å². The minimum absolute atomic E-state index is 0. The fraction of sp³-hybridized carbons (Fsp3) is 0.667. The number of hydrogen-bond acceptors (Lipinski definition) is 1. The summed E-state index contributed by atoms with van der Waals surface area (Å²) in [6.45, 7) is 9.01. The molecule has 0 aromatic rings. The molecule has 3 nitrogen and oxygen atoms in total. The molecule has 0 saturated carbocycles. The molecule has 0 fully saturated rings. The van der Waals surface area contributed by atoms with E-state index in [1.54, 1.807) is 6.92 Å². The van der Waals surface area contributed by atoms with Crippen LogP contribution >= 0.6 is 0 Å². The van der Waals surface area contributed by atoms with Crippen LogP contribution in [0.4, 0.5) is 0 Å². The summed E-state index contributed by atoms with van der Waals surface area (Å²) in [5, 5.41) is 2.81. The van der Waals surface area contributed by atoms with Gasteiger partial charge in [-0.15, -0.1) is 0 Å². The van der Waals surface area contributed by atoms with Crippen LogP contribution in [0.5, 0.6) is 0 Å². The molecule has 0 spiro atoms. The summed E-state index contributed by atoms with van der Waals surface area (Å²) in [7, 11) is 4.14. The molecule has 1 N–H and O–H groups in total. The molecule has 0 aliphatic heterocycles. The molecule has 0 aromatic heterocycles. The van der Waals surface area contributed by atoms with Crippen molar-refractivity contribution in [1.29, 1.82) is 0 Å². The second kappa shape index (κ2) is 6.00. The lowest BCUT2D eigenvalue weighted by Gasteiger charge is -2.28. The fourth-order valence-corrected chi connectivity index (χ4v) is 0.549. The molecule has 0 unspecified atom stereocenters.